The fourth-order valence-corrected chi connectivity index (χ4v) is 1.71. The summed E-state index contributed by atoms with van der Waals surface area (Å²) in [6, 6.07) is 9.48. The van der Waals surface area contributed by atoms with Gasteiger partial charge in [0, 0.05) is 6.20 Å². The SMILES string of the molecule is COC(=O)c1ccc(Cl)c(NC(=O)c2ccccn2)c1. The van der Waals surface area contributed by atoms with E-state index in [2.05, 4.69) is 15.0 Å². The van der Waals surface area contributed by atoms with Gasteiger partial charge >= 0.3 is 5.97 Å². The van der Waals surface area contributed by atoms with Crippen LogP contribution in [-0.2, 0) is 4.74 Å². The van der Waals surface area contributed by atoms with Crippen molar-refractivity contribution in [3.05, 3.63) is 58.9 Å². The van der Waals surface area contributed by atoms with Crippen molar-refractivity contribution in [3.63, 3.8) is 0 Å². The van der Waals surface area contributed by atoms with E-state index >= 15 is 0 Å². The second-order valence-corrected chi connectivity index (χ2v) is 4.26. The molecule has 0 unspecified atom stereocenters. The van der Waals surface area contributed by atoms with E-state index in [0.29, 0.717) is 16.3 Å². The largest absolute Gasteiger partial charge is 0.465 e. The molecular weight excluding hydrogens is 280 g/mol. The Morgan fingerprint density at radius 1 is 1.25 bits per heavy atom. The molecule has 0 aliphatic rings. The van der Waals surface area contributed by atoms with Crippen molar-refractivity contribution in [1.82, 2.24) is 4.98 Å². The van der Waals surface area contributed by atoms with Gasteiger partial charge in [-0.3, -0.25) is 9.78 Å². The zero-order valence-corrected chi connectivity index (χ0v) is 11.3. The van der Waals surface area contributed by atoms with Gasteiger partial charge in [-0.1, -0.05) is 17.7 Å². The number of anilines is 1. The number of ether oxygens (including phenoxy) is 1. The quantitative estimate of drug-likeness (QED) is 0.883. The van der Waals surface area contributed by atoms with E-state index in [9.17, 15) is 9.59 Å². The molecule has 2 aromatic rings. The Balaban J connectivity index is 2.25. The van der Waals surface area contributed by atoms with Crippen LogP contribution in [0, 0.1) is 0 Å². The summed E-state index contributed by atoms with van der Waals surface area (Å²) in [5.74, 6) is -0.912. The number of esters is 1. The van der Waals surface area contributed by atoms with E-state index in [1.165, 1.54) is 31.5 Å². The van der Waals surface area contributed by atoms with Crippen LogP contribution < -0.4 is 5.32 Å². The van der Waals surface area contributed by atoms with Gasteiger partial charge < -0.3 is 10.1 Å². The first-order valence-corrected chi connectivity index (χ1v) is 6.10. The first-order chi connectivity index (χ1) is 9.61. The number of amides is 1. The highest BCUT2D eigenvalue weighted by atomic mass is 35.5. The van der Waals surface area contributed by atoms with Crippen LogP contribution in [0.3, 0.4) is 0 Å². The number of carbonyl (C=O) groups is 2. The minimum absolute atomic E-state index is 0.257. The lowest BCUT2D eigenvalue weighted by Gasteiger charge is -2.08. The molecule has 6 heteroatoms. The molecule has 1 amide bonds. The Bertz CT molecular complexity index is 644. The van der Waals surface area contributed by atoms with E-state index in [-0.39, 0.29) is 5.69 Å². The summed E-state index contributed by atoms with van der Waals surface area (Å²) in [5, 5.41) is 2.93. The lowest BCUT2D eigenvalue weighted by molar-refractivity contribution is 0.0600. The van der Waals surface area contributed by atoms with Crippen molar-refractivity contribution in [2.45, 2.75) is 0 Å². The van der Waals surface area contributed by atoms with Gasteiger partial charge in [0.15, 0.2) is 0 Å². The molecule has 0 fully saturated rings. The number of methoxy groups -OCH3 is 1. The van der Waals surface area contributed by atoms with Crippen LogP contribution in [-0.4, -0.2) is 24.0 Å². The van der Waals surface area contributed by atoms with Gasteiger partial charge in [0.2, 0.25) is 0 Å². The monoisotopic (exact) mass is 290 g/mol. The minimum Gasteiger partial charge on any atom is -0.465 e. The van der Waals surface area contributed by atoms with Crippen LogP contribution in [0.2, 0.25) is 5.02 Å². The molecule has 0 aliphatic carbocycles. The number of benzene rings is 1. The van der Waals surface area contributed by atoms with Crippen LogP contribution in [0.4, 0.5) is 5.69 Å². The summed E-state index contributed by atoms with van der Waals surface area (Å²) in [6.07, 6.45) is 1.52. The fraction of sp³-hybridized carbons (Fsp3) is 0.0714. The highest BCUT2D eigenvalue weighted by molar-refractivity contribution is 6.34. The first-order valence-electron chi connectivity index (χ1n) is 5.72. The van der Waals surface area contributed by atoms with Crippen molar-refractivity contribution < 1.29 is 14.3 Å². The summed E-state index contributed by atoms with van der Waals surface area (Å²) in [4.78, 5) is 27.3. The van der Waals surface area contributed by atoms with Gasteiger partial charge in [0.25, 0.3) is 5.91 Å². The van der Waals surface area contributed by atoms with Crippen LogP contribution in [0.1, 0.15) is 20.8 Å². The van der Waals surface area contributed by atoms with Crippen LogP contribution in [0.25, 0.3) is 0 Å². The van der Waals surface area contributed by atoms with Gasteiger partial charge in [-0.15, -0.1) is 0 Å². The second kappa shape index (κ2) is 6.16. The number of pyridine rings is 1. The summed E-state index contributed by atoms with van der Waals surface area (Å²) in [6.45, 7) is 0. The number of halogens is 1. The number of carbonyl (C=O) groups excluding carboxylic acids is 2. The van der Waals surface area contributed by atoms with Gasteiger partial charge in [0.05, 0.1) is 23.4 Å². The average Bonchev–Trinajstić information content (AvgIpc) is 2.49. The standard InChI is InChI=1S/C14H11ClN2O3/c1-20-14(19)9-5-6-10(15)12(8-9)17-13(18)11-4-2-3-7-16-11/h2-8H,1H3,(H,17,18). The normalized spacial score (nSPS) is 9.90. The summed E-state index contributed by atoms with van der Waals surface area (Å²) < 4.78 is 4.61. The molecule has 20 heavy (non-hydrogen) atoms. The van der Waals surface area contributed by atoms with Crippen molar-refractivity contribution in [2.75, 3.05) is 12.4 Å². The maximum Gasteiger partial charge on any atom is 0.337 e. The Morgan fingerprint density at radius 2 is 2.05 bits per heavy atom. The maximum absolute atomic E-state index is 12.0. The zero-order valence-electron chi connectivity index (χ0n) is 10.6. The predicted molar refractivity (Wildman–Crippen MR) is 75.0 cm³/mol. The predicted octanol–water partition coefficient (Wildman–Crippen LogP) is 2.77. The average molecular weight is 291 g/mol. The summed E-state index contributed by atoms with van der Waals surface area (Å²) in [7, 11) is 1.28. The molecule has 1 aromatic carbocycles. The van der Waals surface area contributed by atoms with Gasteiger partial charge in [0.1, 0.15) is 5.69 Å². The maximum atomic E-state index is 12.0. The van der Waals surface area contributed by atoms with Crippen molar-refractivity contribution in [1.29, 1.82) is 0 Å². The van der Waals surface area contributed by atoms with Crippen molar-refractivity contribution >= 4 is 29.2 Å². The highest BCUT2D eigenvalue weighted by Gasteiger charge is 2.12. The van der Waals surface area contributed by atoms with E-state index in [4.69, 9.17) is 11.6 Å². The fourth-order valence-electron chi connectivity index (χ4n) is 1.55. The molecular formula is C14H11ClN2O3. The Labute approximate surface area is 120 Å². The molecule has 0 atom stereocenters. The molecule has 0 spiro atoms. The third-order valence-corrected chi connectivity index (χ3v) is 2.86. The number of hydrogen-bond acceptors (Lipinski definition) is 4. The minimum atomic E-state index is -0.505. The smallest absolute Gasteiger partial charge is 0.337 e. The molecule has 0 aliphatic heterocycles. The highest BCUT2D eigenvalue weighted by Crippen LogP contribution is 2.23. The molecule has 1 heterocycles. The molecule has 0 radical (unpaired) electrons. The lowest BCUT2D eigenvalue weighted by atomic mass is 10.2. The van der Waals surface area contributed by atoms with Gasteiger partial charge in [-0.25, -0.2) is 4.79 Å². The summed E-state index contributed by atoms with van der Waals surface area (Å²) in [5.41, 5.74) is 0.880. The second-order valence-electron chi connectivity index (χ2n) is 3.86. The molecule has 0 bridgehead atoms. The molecule has 0 saturated carbocycles. The van der Waals surface area contributed by atoms with E-state index in [1.807, 2.05) is 0 Å². The van der Waals surface area contributed by atoms with Crippen molar-refractivity contribution in [2.24, 2.45) is 0 Å². The number of hydrogen-bond donors (Lipinski definition) is 1. The Morgan fingerprint density at radius 3 is 2.70 bits per heavy atom. The van der Waals surface area contributed by atoms with Crippen LogP contribution >= 0.6 is 11.6 Å². The van der Waals surface area contributed by atoms with E-state index in [1.54, 1.807) is 18.2 Å². The number of nitrogens with zero attached hydrogens (tertiary/aromatic N) is 1. The van der Waals surface area contributed by atoms with Crippen molar-refractivity contribution in [3.8, 4) is 0 Å². The molecule has 1 aromatic heterocycles. The third kappa shape index (κ3) is 3.13. The number of aromatic nitrogens is 1. The molecule has 1 N–H and O–H groups in total. The first kappa shape index (κ1) is 14.0. The number of rotatable bonds is 3. The van der Waals surface area contributed by atoms with Crippen LogP contribution in [0.5, 0.6) is 0 Å². The molecule has 5 nitrogen and oxygen atoms in total. The molecule has 0 saturated heterocycles. The van der Waals surface area contributed by atoms with E-state index < -0.39 is 11.9 Å². The molecule has 102 valence electrons. The number of nitrogens with one attached hydrogen (secondary N) is 1. The van der Waals surface area contributed by atoms with Gasteiger partial charge in [-0.2, -0.15) is 0 Å². The topological polar surface area (TPSA) is 68.3 Å². The van der Waals surface area contributed by atoms with E-state index in [0.717, 1.165) is 0 Å². The van der Waals surface area contributed by atoms with Crippen LogP contribution in [0.15, 0.2) is 42.6 Å². The Kier molecular flexibility index (Phi) is 4.32. The Hall–Kier alpha value is -2.40. The molecule has 2 rings (SSSR count). The van der Waals surface area contributed by atoms with Gasteiger partial charge in [-0.05, 0) is 30.3 Å². The lowest BCUT2D eigenvalue weighted by Crippen LogP contribution is -2.14. The zero-order chi connectivity index (χ0) is 14.5. The third-order valence-electron chi connectivity index (χ3n) is 2.53. The summed E-state index contributed by atoms with van der Waals surface area (Å²) >= 11 is 5.99.